The van der Waals surface area contributed by atoms with Crippen LogP contribution in [0.4, 0.5) is 4.39 Å². The molecule has 0 saturated heterocycles. The molecule has 0 saturated carbocycles. The predicted molar refractivity (Wildman–Crippen MR) is 56.8 cm³/mol. The minimum atomic E-state index is -1.000. The topological polar surface area (TPSA) is 64.6 Å². The van der Waals surface area contributed by atoms with Gasteiger partial charge in [-0.15, -0.1) is 0 Å². The van der Waals surface area contributed by atoms with Gasteiger partial charge >= 0.3 is 11.9 Å². The van der Waals surface area contributed by atoms with Crippen LogP contribution in [-0.2, 0) is 20.9 Å². The molecule has 6 heteroatoms. The van der Waals surface area contributed by atoms with Crippen LogP contribution in [0.2, 0.25) is 0 Å². The number of hydrogen-bond donors (Lipinski definition) is 1. The lowest BCUT2D eigenvalue weighted by atomic mass is 10.2. The van der Waals surface area contributed by atoms with Crippen molar-refractivity contribution in [2.45, 2.75) is 6.54 Å². The Balaban J connectivity index is 2.71. The molecule has 0 unspecified atom stereocenters. The van der Waals surface area contributed by atoms with Crippen molar-refractivity contribution in [3.8, 4) is 5.75 Å². The van der Waals surface area contributed by atoms with E-state index in [1.54, 1.807) is 0 Å². The van der Waals surface area contributed by atoms with Crippen LogP contribution in [0.5, 0.6) is 5.75 Å². The van der Waals surface area contributed by atoms with Crippen molar-refractivity contribution < 1.29 is 23.5 Å². The fourth-order valence-electron chi connectivity index (χ4n) is 1.23. The molecule has 0 atom stereocenters. The van der Waals surface area contributed by atoms with Crippen molar-refractivity contribution in [3.63, 3.8) is 0 Å². The molecule has 0 spiro atoms. The van der Waals surface area contributed by atoms with E-state index in [1.807, 2.05) is 0 Å². The summed E-state index contributed by atoms with van der Waals surface area (Å²) in [5, 5.41) is 2.29. The second kappa shape index (κ2) is 5.83. The predicted octanol–water partition coefficient (Wildman–Crippen LogP) is 0.623. The van der Waals surface area contributed by atoms with E-state index in [1.165, 1.54) is 25.3 Å². The number of carbonyl (C=O) groups is 2. The lowest BCUT2D eigenvalue weighted by Gasteiger charge is -2.09. The number of halogens is 1. The van der Waals surface area contributed by atoms with E-state index in [0.717, 1.165) is 7.11 Å². The van der Waals surface area contributed by atoms with E-state index in [-0.39, 0.29) is 6.54 Å². The molecular weight excluding hydrogens is 229 g/mol. The summed E-state index contributed by atoms with van der Waals surface area (Å²) in [4.78, 5) is 21.9. The van der Waals surface area contributed by atoms with Crippen LogP contribution in [0.1, 0.15) is 5.56 Å². The molecule has 0 aliphatic carbocycles. The highest BCUT2D eigenvalue weighted by Gasteiger charge is 2.14. The molecule has 0 aromatic heterocycles. The van der Waals surface area contributed by atoms with Crippen molar-refractivity contribution in [1.82, 2.24) is 5.32 Å². The summed E-state index contributed by atoms with van der Waals surface area (Å²) in [5.41, 5.74) is 0.435. The van der Waals surface area contributed by atoms with Gasteiger partial charge in [0, 0.05) is 12.1 Å². The van der Waals surface area contributed by atoms with Crippen LogP contribution in [0.3, 0.4) is 0 Å². The SMILES string of the molecule is COC(=O)C(=O)NCc1cc(F)ccc1OC. The van der Waals surface area contributed by atoms with Gasteiger partial charge in [0.1, 0.15) is 11.6 Å². The summed E-state index contributed by atoms with van der Waals surface area (Å²) in [6.45, 7) is -0.0190. The molecule has 0 radical (unpaired) electrons. The number of benzene rings is 1. The smallest absolute Gasteiger partial charge is 0.396 e. The van der Waals surface area contributed by atoms with E-state index in [4.69, 9.17) is 4.74 Å². The molecule has 92 valence electrons. The van der Waals surface area contributed by atoms with Crippen LogP contribution in [0.25, 0.3) is 0 Å². The van der Waals surface area contributed by atoms with Gasteiger partial charge in [-0.1, -0.05) is 0 Å². The third-order valence-electron chi connectivity index (χ3n) is 2.05. The molecular formula is C11H12FNO4. The summed E-state index contributed by atoms with van der Waals surface area (Å²) < 4.78 is 22.2. The lowest BCUT2D eigenvalue weighted by molar-refractivity contribution is -0.152. The van der Waals surface area contributed by atoms with Gasteiger partial charge in [0.2, 0.25) is 0 Å². The molecule has 0 bridgehead atoms. The maximum atomic E-state index is 13.0. The van der Waals surface area contributed by atoms with Crippen LogP contribution < -0.4 is 10.1 Å². The molecule has 0 heterocycles. The van der Waals surface area contributed by atoms with Crippen molar-refractivity contribution in [2.75, 3.05) is 14.2 Å². The van der Waals surface area contributed by atoms with Gasteiger partial charge in [-0.2, -0.15) is 0 Å². The first-order chi connectivity index (χ1) is 8.08. The molecule has 1 aromatic rings. The summed E-state index contributed by atoms with van der Waals surface area (Å²) >= 11 is 0. The number of nitrogens with one attached hydrogen (secondary N) is 1. The molecule has 17 heavy (non-hydrogen) atoms. The van der Waals surface area contributed by atoms with Gasteiger partial charge in [0.05, 0.1) is 14.2 Å². The third kappa shape index (κ3) is 3.44. The van der Waals surface area contributed by atoms with E-state index in [0.29, 0.717) is 11.3 Å². The van der Waals surface area contributed by atoms with Gasteiger partial charge in [0.15, 0.2) is 0 Å². The van der Waals surface area contributed by atoms with Gasteiger partial charge < -0.3 is 14.8 Å². The van der Waals surface area contributed by atoms with Gasteiger partial charge in [-0.25, -0.2) is 9.18 Å². The highest BCUT2D eigenvalue weighted by Crippen LogP contribution is 2.18. The molecule has 0 fully saturated rings. The first-order valence-electron chi connectivity index (χ1n) is 4.77. The Labute approximate surface area is 97.5 Å². The fourth-order valence-corrected chi connectivity index (χ4v) is 1.23. The first-order valence-corrected chi connectivity index (χ1v) is 4.77. The van der Waals surface area contributed by atoms with Crippen molar-refractivity contribution in [1.29, 1.82) is 0 Å². The zero-order valence-electron chi connectivity index (χ0n) is 9.45. The van der Waals surface area contributed by atoms with Crippen LogP contribution in [-0.4, -0.2) is 26.1 Å². The number of esters is 1. The molecule has 1 amide bonds. The quantitative estimate of drug-likeness (QED) is 0.622. The summed E-state index contributed by atoms with van der Waals surface area (Å²) in [7, 11) is 2.53. The van der Waals surface area contributed by atoms with E-state index in [2.05, 4.69) is 10.1 Å². The zero-order chi connectivity index (χ0) is 12.8. The van der Waals surface area contributed by atoms with E-state index < -0.39 is 17.7 Å². The average molecular weight is 241 g/mol. The van der Waals surface area contributed by atoms with Crippen LogP contribution >= 0.6 is 0 Å². The van der Waals surface area contributed by atoms with Gasteiger partial charge in [-0.05, 0) is 18.2 Å². The number of amides is 1. The lowest BCUT2D eigenvalue weighted by Crippen LogP contribution is -2.31. The number of rotatable bonds is 3. The molecule has 0 aliphatic rings. The first kappa shape index (κ1) is 13.0. The summed E-state index contributed by atoms with van der Waals surface area (Å²) in [6.07, 6.45) is 0. The van der Waals surface area contributed by atoms with Crippen LogP contribution in [0, 0.1) is 5.82 Å². The molecule has 0 aliphatic heterocycles. The number of carbonyl (C=O) groups excluding carboxylic acids is 2. The van der Waals surface area contributed by atoms with E-state index >= 15 is 0 Å². The number of hydrogen-bond acceptors (Lipinski definition) is 4. The third-order valence-corrected chi connectivity index (χ3v) is 2.05. The molecule has 1 rings (SSSR count). The fraction of sp³-hybridized carbons (Fsp3) is 0.273. The number of methoxy groups -OCH3 is 2. The Morgan fingerprint density at radius 3 is 2.65 bits per heavy atom. The van der Waals surface area contributed by atoms with Gasteiger partial charge in [0.25, 0.3) is 0 Å². The minimum Gasteiger partial charge on any atom is -0.496 e. The van der Waals surface area contributed by atoms with Crippen molar-refractivity contribution >= 4 is 11.9 Å². The Morgan fingerprint density at radius 2 is 2.06 bits per heavy atom. The largest absolute Gasteiger partial charge is 0.496 e. The Morgan fingerprint density at radius 1 is 1.35 bits per heavy atom. The van der Waals surface area contributed by atoms with Gasteiger partial charge in [-0.3, -0.25) is 4.79 Å². The zero-order valence-corrected chi connectivity index (χ0v) is 9.45. The molecule has 1 N–H and O–H groups in total. The second-order valence-corrected chi connectivity index (χ2v) is 3.13. The number of ether oxygens (including phenoxy) is 2. The second-order valence-electron chi connectivity index (χ2n) is 3.13. The molecule has 1 aromatic carbocycles. The minimum absolute atomic E-state index is 0.0190. The normalized spacial score (nSPS) is 9.59. The Hall–Kier alpha value is -2.11. The highest BCUT2D eigenvalue weighted by atomic mass is 19.1. The maximum absolute atomic E-state index is 13.0. The average Bonchev–Trinajstić information content (AvgIpc) is 2.35. The highest BCUT2D eigenvalue weighted by molar-refractivity contribution is 6.32. The maximum Gasteiger partial charge on any atom is 0.396 e. The summed E-state index contributed by atoms with van der Waals surface area (Å²) in [5.74, 6) is -1.91. The standard InChI is InChI=1S/C11H12FNO4/c1-16-9-4-3-8(12)5-7(9)6-13-10(14)11(15)17-2/h3-5H,6H2,1-2H3,(H,13,14). The van der Waals surface area contributed by atoms with Crippen molar-refractivity contribution in [2.24, 2.45) is 0 Å². The monoisotopic (exact) mass is 241 g/mol. The van der Waals surface area contributed by atoms with Crippen LogP contribution in [0.15, 0.2) is 18.2 Å². The van der Waals surface area contributed by atoms with E-state index in [9.17, 15) is 14.0 Å². The summed E-state index contributed by atoms with van der Waals surface area (Å²) in [6, 6.07) is 3.90. The molecule has 5 nitrogen and oxygen atoms in total. The Bertz CT molecular complexity index is 433. The Kier molecular flexibility index (Phi) is 4.45. The van der Waals surface area contributed by atoms with Crippen molar-refractivity contribution in [3.05, 3.63) is 29.6 Å².